The highest BCUT2D eigenvalue weighted by Crippen LogP contribution is 2.26. The van der Waals surface area contributed by atoms with Gasteiger partial charge in [0.05, 0.1) is 18.3 Å². The van der Waals surface area contributed by atoms with Crippen molar-refractivity contribution in [2.75, 3.05) is 54.4 Å². The summed E-state index contributed by atoms with van der Waals surface area (Å²) in [5.41, 5.74) is 4.43. The zero-order valence-electron chi connectivity index (χ0n) is 18.1. The first kappa shape index (κ1) is 20.4. The molecule has 32 heavy (non-hydrogen) atoms. The van der Waals surface area contributed by atoms with Crippen LogP contribution in [0.5, 0.6) is 0 Å². The number of alkyl halides is 1. The number of rotatable bonds is 6. The molecular formula is C24H28FN7. The van der Waals surface area contributed by atoms with Gasteiger partial charge >= 0.3 is 0 Å². The van der Waals surface area contributed by atoms with Crippen molar-refractivity contribution in [3.63, 3.8) is 0 Å². The molecule has 1 atom stereocenters. The normalized spacial score (nSPS) is 18.9. The van der Waals surface area contributed by atoms with Crippen molar-refractivity contribution in [1.29, 1.82) is 0 Å². The van der Waals surface area contributed by atoms with Crippen molar-refractivity contribution in [2.24, 2.45) is 0 Å². The largest absolute Gasteiger partial charge is 0.374 e. The lowest BCUT2D eigenvalue weighted by molar-refractivity contribution is 0.350. The summed E-state index contributed by atoms with van der Waals surface area (Å²) in [5.74, 6) is 0.771. The summed E-state index contributed by atoms with van der Waals surface area (Å²) in [6, 6.07) is 10.3. The molecule has 2 aromatic heterocycles. The third-order valence-electron chi connectivity index (χ3n) is 6.23. The Hall–Kier alpha value is -3.55. The lowest BCUT2D eigenvalue weighted by Gasteiger charge is -2.35. The molecule has 7 nitrogen and oxygen atoms in total. The number of nitrogens with one attached hydrogen (secondary N) is 1. The highest BCUT2D eigenvalue weighted by molar-refractivity contribution is 5.82. The van der Waals surface area contributed by atoms with Gasteiger partial charge in [-0.3, -0.25) is 0 Å². The van der Waals surface area contributed by atoms with Gasteiger partial charge < -0.3 is 20.0 Å². The number of hydrogen-bond donors (Lipinski definition) is 1. The summed E-state index contributed by atoms with van der Waals surface area (Å²) in [7, 11) is 0. The van der Waals surface area contributed by atoms with Gasteiger partial charge in [-0.15, -0.1) is 0 Å². The minimum absolute atomic E-state index is 0.390. The van der Waals surface area contributed by atoms with Crippen LogP contribution in [-0.4, -0.2) is 64.9 Å². The van der Waals surface area contributed by atoms with Crippen LogP contribution in [0.15, 0.2) is 62.1 Å². The van der Waals surface area contributed by atoms with E-state index in [4.69, 9.17) is 4.98 Å². The summed E-state index contributed by atoms with van der Waals surface area (Å²) >= 11 is 0. The molecule has 2 aliphatic heterocycles. The number of aromatic nitrogens is 3. The van der Waals surface area contributed by atoms with Crippen LogP contribution in [0.1, 0.15) is 12.0 Å². The maximum Gasteiger partial charge on any atom is 0.166 e. The SMILES string of the molecule is C=CN1CCN(c2ccc(NC(=C)c3cnn4ccc(N5CCC(F)C5)nc34)cc2)CC1. The number of halogens is 1. The molecule has 0 amide bonds. The van der Waals surface area contributed by atoms with E-state index in [9.17, 15) is 4.39 Å². The van der Waals surface area contributed by atoms with Gasteiger partial charge in [-0.1, -0.05) is 13.2 Å². The van der Waals surface area contributed by atoms with Crippen LogP contribution in [0.25, 0.3) is 11.3 Å². The minimum atomic E-state index is -0.789. The summed E-state index contributed by atoms with van der Waals surface area (Å²) in [4.78, 5) is 11.3. The zero-order valence-corrected chi connectivity index (χ0v) is 18.1. The Morgan fingerprint density at radius 3 is 2.53 bits per heavy atom. The minimum Gasteiger partial charge on any atom is -0.374 e. The molecule has 0 saturated carbocycles. The predicted molar refractivity (Wildman–Crippen MR) is 128 cm³/mol. The standard InChI is InChI=1S/C24H28FN7/c1-3-29-12-14-30(15-13-29)21-6-4-20(5-7-21)27-18(2)22-16-26-32-11-9-23(28-24(22)32)31-10-8-19(25)17-31/h3-7,9,11,16,19,27H,1-2,8,10,12-15,17H2. The first-order valence-corrected chi connectivity index (χ1v) is 11.0. The summed E-state index contributed by atoms with van der Waals surface area (Å²) < 4.78 is 15.3. The van der Waals surface area contributed by atoms with E-state index in [1.54, 1.807) is 10.7 Å². The molecule has 0 bridgehead atoms. The van der Waals surface area contributed by atoms with E-state index in [-0.39, 0.29) is 0 Å². The Morgan fingerprint density at radius 2 is 1.84 bits per heavy atom. The number of hydrogen-bond acceptors (Lipinski definition) is 6. The summed E-state index contributed by atoms with van der Waals surface area (Å²) in [6.07, 6.45) is 5.30. The van der Waals surface area contributed by atoms with Crippen LogP contribution in [0.3, 0.4) is 0 Å². The molecule has 3 aromatic rings. The first-order chi connectivity index (χ1) is 15.6. The predicted octanol–water partition coefficient (Wildman–Crippen LogP) is 3.63. The smallest absolute Gasteiger partial charge is 0.166 e. The van der Waals surface area contributed by atoms with Crippen molar-refractivity contribution >= 4 is 28.5 Å². The van der Waals surface area contributed by atoms with Gasteiger partial charge in [-0.05, 0) is 43.0 Å². The van der Waals surface area contributed by atoms with Gasteiger partial charge in [0.1, 0.15) is 12.0 Å². The molecule has 4 heterocycles. The molecule has 1 N–H and O–H groups in total. The second-order valence-electron chi connectivity index (χ2n) is 8.30. The fraction of sp³-hybridized carbons (Fsp3) is 0.333. The molecule has 1 aromatic carbocycles. The molecular weight excluding hydrogens is 405 g/mol. The lowest BCUT2D eigenvalue weighted by Crippen LogP contribution is -2.43. The maximum atomic E-state index is 13.6. The summed E-state index contributed by atoms with van der Waals surface area (Å²) in [6.45, 7) is 13.1. The Bertz CT molecular complexity index is 1120. The molecule has 1 unspecified atom stereocenters. The second-order valence-corrected chi connectivity index (χ2v) is 8.30. The van der Waals surface area contributed by atoms with Crippen LogP contribution < -0.4 is 15.1 Å². The molecule has 8 heteroatoms. The van der Waals surface area contributed by atoms with Crippen LogP contribution in [0.2, 0.25) is 0 Å². The van der Waals surface area contributed by atoms with Gasteiger partial charge in [-0.2, -0.15) is 5.10 Å². The third-order valence-corrected chi connectivity index (χ3v) is 6.23. The topological polar surface area (TPSA) is 51.9 Å². The average molecular weight is 434 g/mol. The van der Waals surface area contributed by atoms with E-state index >= 15 is 0 Å². The number of fused-ring (bicyclic) bond motifs is 1. The molecule has 166 valence electrons. The Morgan fingerprint density at radius 1 is 1.06 bits per heavy atom. The van der Waals surface area contributed by atoms with Gasteiger partial charge in [-0.25, -0.2) is 13.9 Å². The molecule has 0 aliphatic carbocycles. The molecule has 0 spiro atoms. The van der Waals surface area contributed by atoms with Crippen LogP contribution >= 0.6 is 0 Å². The van der Waals surface area contributed by atoms with Crippen LogP contribution in [0.4, 0.5) is 21.6 Å². The lowest BCUT2D eigenvalue weighted by atomic mass is 10.2. The Balaban J connectivity index is 1.29. The quantitative estimate of drug-likeness (QED) is 0.641. The van der Waals surface area contributed by atoms with E-state index < -0.39 is 6.17 Å². The van der Waals surface area contributed by atoms with Crippen LogP contribution in [0, 0.1) is 0 Å². The molecule has 2 saturated heterocycles. The molecule has 2 fully saturated rings. The number of nitrogens with zero attached hydrogens (tertiary/aromatic N) is 6. The number of anilines is 3. The van der Waals surface area contributed by atoms with Crippen molar-refractivity contribution in [3.8, 4) is 0 Å². The number of piperazine rings is 1. The average Bonchev–Trinajstić information content (AvgIpc) is 3.45. The molecule has 2 aliphatic rings. The van der Waals surface area contributed by atoms with Gasteiger partial charge in [0.2, 0.25) is 0 Å². The second kappa shape index (κ2) is 8.53. The van der Waals surface area contributed by atoms with E-state index in [1.807, 2.05) is 23.4 Å². The van der Waals surface area contributed by atoms with Gasteiger partial charge in [0, 0.05) is 56.0 Å². The first-order valence-electron chi connectivity index (χ1n) is 11.0. The van der Waals surface area contributed by atoms with Crippen molar-refractivity contribution < 1.29 is 4.39 Å². The van der Waals surface area contributed by atoms with Crippen molar-refractivity contribution in [2.45, 2.75) is 12.6 Å². The van der Waals surface area contributed by atoms with E-state index in [0.29, 0.717) is 25.2 Å². The highest BCUT2D eigenvalue weighted by atomic mass is 19.1. The zero-order chi connectivity index (χ0) is 22.1. The number of benzene rings is 1. The summed E-state index contributed by atoms with van der Waals surface area (Å²) in [5, 5.41) is 7.77. The van der Waals surface area contributed by atoms with E-state index in [0.717, 1.165) is 48.9 Å². The van der Waals surface area contributed by atoms with Crippen molar-refractivity contribution in [1.82, 2.24) is 19.5 Å². The monoisotopic (exact) mass is 433 g/mol. The Kier molecular flexibility index (Phi) is 5.43. The maximum absolute atomic E-state index is 13.6. The fourth-order valence-corrected chi connectivity index (χ4v) is 4.33. The third kappa shape index (κ3) is 4.00. The fourth-order valence-electron chi connectivity index (χ4n) is 4.33. The molecule has 0 radical (unpaired) electrons. The molecule has 5 rings (SSSR count). The van der Waals surface area contributed by atoms with E-state index in [2.05, 4.69) is 57.6 Å². The van der Waals surface area contributed by atoms with Gasteiger partial charge in [0.25, 0.3) is 0 Å². The van der Waals surface area contributed by atoms with Crippen LogP contribution in [-0.2, 0) is 0 Å². The highest BCUT2D eigenvalue weighted by Gasteiger charge is 2.23. The Labute approximate surface area is 187 Å². The van der Waals surface area contributed by atoms with Gasteiger partial charge in [0.15, 0.2) is 5.65 Å². The van der Waals surface area contributed by atoms with Crippen molar-refractivity contribution in [3.05, 3.63) is 67.6 Å². The van der Waals surface area contributed by atoms with E-state index in [1.165, 1.54) is 5.69 Å².